The van der Waals surface area contributed by atoms with Gasteiger partial charge in [0.05, 0.1) is 0 Å². The molecule has 3 heteroatoms. The van der Waals surface area contributed by atoms with Gasteiger partial charge >= 0.3 is 0 Å². The van der Waals surface area contributed by atoms with E-state index in [4.69, 9.17) is 22.2 Å². The van der Waals surface area contributed by atoms with Crippen molar-refractivity contribution >= 4 is 28.9 Å². The minimum Gasteiger partial charge on any atom is -0.146 e. The summed E-state index contributed by atoms with van der Waals surface area (Å²) in [6, 6.07) is 2.08. The summed E-state index contributed by atoms with van der Waals surface area (Å²) in [5, 5.41) is 0. The SMILES string of the molecule is CCCCCCCCCC[Si](Cl)(Cl)CC. The van der Waals surface area contributed by atoms with Crippen LogP contribution in [0, 0.1) is 0 Å². The van der Waals surface area contributed by atoms with Crippen molar-refractivity contribution in [1.29, 1.82) is 0 Å². The predicted octanol–water partition coefficient (Wildman–Crippen LogP) is 6.07. The van der Waals surface area contributed by atoms with Gasteiger partial charge in [-0.05, 0) is 12.1 Å². The summed E-state index contributed by atoms with van der Waals surface area (Å²) in [5.74, 6) is 0. The largest absolute Gasteiger partial charge is 0.251 e. The van der Waals surface area contributed by atoms with Crippen LogP contribution in [0.1, 0.15) is 65.2 Å². The molecule has 0 bridgehead atoms. The van der Waals surface area contributed by atoms with E-state index in [1.54, 1.807) is 0 Å². The molecule has 0 N–H and O–H groups in total. The highest BCUT2D eigenvalue weighted by Gasteiger charge is 2.24. The highest BCUT2D eigenvalue weighted by atomic mass is 35.7. The van der Waals surface area contributed by atoms with Crippen molar-refractivity contribution in [3.63, 3.8) is 0 Å². The third-order valence-corrected chi connectivity index (χ3v) is 7.77. The lowest BCUT2D eigenvalue weighted by molar-refractivity contribution is 0.584. The summed E-state index contributed by atoms with van der Waals surface area (Å²) >= 11 is 12.4. The summed E-state index contributed by atoms with van der Waals surface area (Å²) in [5.41, 5.74) is 0. The minimum atomic E-state index is -1.81. The van der Waals surface area contributed by atoms with Gasteiger partial charge in [0.15, 0.2) is 0 Å². The van der Waals surface area contributed by atoms with Crippen LogP contribution in [0.2, 0.25) is 12.1 Å². The lowest BCUT2D eigenvalue weighted by Crippen LogP contribution is -2.16. The zero-order chi connectivity index (χ0) is 11.6. The number of hydrogen-bond acceptors (Lipinski definition) is 0. The van der Waals surface area contributed by atoms with E-state index in [1.807, 2.05) is 0 Å². The molecule has 0 aliphatic heterocycles. The van der Waals surface area contributed by atoms with Gasteiger partial charge in [0.2, 0.25) is 0 Å². The summed E-state index contributed by atoms with van der Waals surface area (Å²) in [6.45, 7) is 2.55. The molecule has 0 radical (unpaired) electrons. The standard InChI is InChI=1S/C12H26Cl2Si/c1-3-5-6-7-8-9-10-11-12-15(13,14)4-2/h3-12H2,1-2H3. The van der Waals surface area contributed by atoms with Crippen molar-refractivity contribution in [2.24, 2.45) is 0 Å². The highest BCUT2D eigenvalue weighted by molar-refractivity contribution is 7.45. The summed E-state index contributed by atoms with van der Waals surface area (Å²) < 4.78 is 0. The van der Waals surface area contributed by atoms with Gasteiger partial charge in [-0.15, -0.1) is 22.2 Å². The molecule has 0 aliphatic carbocycles. The lowest BCUT2D eigenvalue weighted by Gasteiger charge is -2.13. The second kappa shape index (κ2) is 9.98. The van der Waals surface area contributed by atoms with Crippen LogP contribution in [-0.4, -0.2) is 6.69 Å². The Kier molecular flexibility index (Phi) is 10.5. The molecule has 0 unspecified atom stereocenters. The average Bonchev–Trinajstić information content (AvgIpc) is 2.22. The van der Waals surface area contributed by atoms with Gasteiger partial charge in [-0.2, -0.15) is 0 Å². The molecule has 0 fully saturated rings. The molecule has 0 spiro atoms. The molecule has 15 heavy (non-hydrogen) atoms. The minimum absolute atomic E-state index is 0.993. The highest BCUT2D eigenvalue weighted by Crippen LogP contribution is 2.27. The monoisotopic (exact) mass is 268 g/mol. The van der Waals surface area contributed by atoms with Crippen LogP contribution < -0.4 is 0 Å². The number of hydrogen-bond donors (Lipinski definition) is 0. The molecule has 0 saturated carbocycles. The fourth-order valence-corrected chi connectivity index (χ4v) is 3.62. The second-order valence-corrected chi connectivity index (χ2v) is 12.3. The third kappa shape index (κ3) is 11.1. The first-order chi connectivity index (χ1) is 7.12. The van der Waals surface area contributed by atoms with Gasteiger partial charge in [0.25, 0.3) is 6.69 Å². The van der Waals surface area contributed by atoms with Gasteiger partial charge in [0, 0.05) is 0 Å². The van der Waals surface area contributed by atoms with Crippen LogP contribution in [0.5, 0.6) is 0 Å². The molecule has 0 amide bonds. The van der Waals surface area contributed by atoms with Crippen molar-refractivity contribution in [3.8, 4) is 0 Å². The Morgan fingerprint density at radius 1 is 0.733 bits per heavy atom. The molecule has 0 rings (SSSR count). The summed E-state index contributed by atoms with van der Waals surface area (Å²) in [4.78, 5) is 0. The van der Waals surface area contributed by atoms with Gasteiger partial charge in [-0.1, -0.05) is 65.2 Å². The average molecular weight is 269 g/mol. The van der Waals surface area contributed by atoms with Crippen LogP contribution in [0.3, 0.4) is 0 Å². The Bertz CT molecular complexity index is 138. The van der Waals surface area contributed by atoms with Gasteiger partial charge in [0.1, 0.15) is 0 Å². The first kappa shape index (κ1) is 15.8. The van der Waals surface area contributed by atoms with Crippen LogP contribution in [0.25, 0.3) is 0 Å². The van der Waals surface area contributed by atoms with E-state index < -0.39 is 6.69 Å². The molecule has 0 atom stereocenters. The fraction of sp³-hybridized carbons (Fsp3) is 1.00. The normalized spacial score (nSPS) is 12.0. The smallest absolute Gasteiger partial charge is 0.146 e. The zero-order valence-electron chi connectivity index (χ0n) is 10.3. The number of unbranched alkanes of at least 4 members (excludes halogenated alkanes) is 7. The Morgan fingerprint density at radius 2 is 1.20 bits per heavy atom. The van der Waals surface area contributed by atoms with E-state index in [1.165, 1.54) is 51.4 Å². The molecular weight excluding hydrogens is 243 g/mol. The van der Waals surface area contributed by atoms with Crippen molar-refractivity contribution in [2.75, 3.05) is 0 Å². The van der Waals surface area contributed by atoms with E-state index >= 15 is 0 Å². The Balaban J connectivity index is 3.11. The lowest BCUT2D eigenvalue weighted by atomic mass is 10.1. The molecular formula is C12H26Cl2Si. The predicted molar refractivity (Wildman–Crippen MR) is 75.4 cm³/mol. The van der Waals surface area contributed by atoms with Crippen LogP contribution in [-0.2, 0) is 0 Å². The number of rotatable bonds is 10. The van der Waals surface area contributed by atoms with E-state index in [2.05, 4.69) is 13.8 Å². The van der Waals surface area contributed by atoms with Crippen LogP contribution >= 0.6 is 22.2 Å². The van der Waals surface area contributed by atoms with Gasteiger partial charge < -0.3 is 0 Å². The molecule has 0 nitrogen and oxygen atoms in total. The first-order valence-electron chi connectivity index (χ1n) is 6.50. The molecule has 0 aromatic heterocycles. The maximum absolute atomic E-state index is 6.21. The molecule has 92 valence electrons. The quantitative estimate of drug-likeness (QED) is 0.256. The van der Waals surface area contributed by atoms with Crippen molar-refractivity contribution < 1.29 is 0 Å². The second-order valence-electron chi connectivity index (χ2n) is 4.43. The molecule has 0 saturated heterocycles. The van der Waals surface area contributed by atoms with Crippen molar-refractivity contribution in [3.05, 3.63) is 0 Å². The fourth-order valence-electron chi connectivity index (χ4n) is 1.69. The molecule has 0 aliphatic rings. The van der Waals surface area contributed by atoms with E-state index in [9.17, 15) is 0 Å². The maximum Gasteiger partial charge on any atom is 0.251 e. The molecule has 0 heterocycles. The third-order valence-electron chi connectivity index (χ3n) is 2.91. The number of halogens is 2. The zero-order valence-corrected chi connectivity index (χ0v) is 12.8. The summed E-state index contributed by atoms with van der Waals surface area (Å²) in [7, 11) is 0. The van der Waals surface area contributed by atoms with E-state index in [-0.39, 0.29) is 0 Å². The first-order valence-corrected chi connectivity index (χ1v) is 10.9. The molecule has 0 aromatic rings. The van der Waals surface area contributed by atoms with Crippen molar-refractivity contribution in [2.45, 2.75) is 77.3 Å². The Labute approximate surface area is 106 Å². The summed E-state index contributed by atoms with van der Waals surface area (Å²) in [6.07, 6.45) is 10.9. The molecule has 0 aromatic carbocycles. The topological polar surface area (TPSA) is 0 Å². The Hall–Kier alpha value is 0.797. The van der Waals surface area contributed by atoms with Crippen LogP contribution in [0.15, 0.2) is 0 Å². The van der Waals surface area contributed by atoms with E-state index in [0.29, 0.717) is 0 Å². The van der Waals surface area contributed by atoms with Crippen LogP contribution in [0.4, 0.5) is 0 Å². The van der Waals surface area contributed by atoms with Gasteiger partial charge in [-0.25, -0.2) is 0 Å². The maximum atomic E-state index is 6.21. The van der Waals surface area contributed by atoms with Crippen molar-refractivity contribution in [1.82, 2.24) is 0 Å². The Morgan fingerprint density at radius 3 is 1.67 bits per heavy atom. The van der Waals surface area contributed by atoms with Gasteiger partial charge in [-0.3, -0.25) is 0 Å². The van der Waals surface area contributed by atoms with E-state index in [0.717, 1.165) is 12.1 Å².